The first kappa shape index (κ1) is 13.5. The summed E-state index contributed by atoms with van der Waals surface area (Å²) in [5.74, 6) is -1.34. The fourth-order valence-electron chi connectivity index (χ4n) is 2.32. The van der Waals surface area contributed by atoms with Gasteiger partial charge in [0.05, 0.1) is 22.7 Å². The molecule has 94 valence electrons. The van der Waals surface area contributed by atoms with Crippen LogP contribution in [-0.4, -0.2) is 33.0 Å². The van der Waals surface area contributed by atoms with Crippen molar-refractivity contribution in [3.05, 3.63) is 0 Å². The molecule has 1 fully saturated rings. The molecule has 1 aliphatic heterocycles. The summed E-state index contributed by atoms with van der Waals surface area (Å²) >= 11 is 0. The van der Waals surface area contributed by atoms with Crippen molar-refractivity contribution in [1.29, 1.82) is 0 Å². The Morgan fingerprint density at radius 1 is 1.38 bits per heavy atom. The van der Waals surface area contributed by atoms with Gasteiger partial charge in [0.1, 0.15) is 0 Å². The fraction of sp³-hybridized carbons (Fsp3) is 0.917. The standard InChI is InChI=1S/C12H22O4/c1-10(2)8(9(13)14)6-7-12(5,16-10)11(3,4)15/h8,15H,6-7H2,1-5H3,(H,13,14)/t8-,12+/m0/s1. The number of aliphatic carboxylic acids is 1. The summed E-state index contributed by atoms with van der Waals surface area (Å²) in [5.41, 5.74) is -2.42. The first-order valence-corrected chi connectivity index (χ1v) is 5.65. The van der Waals surface area contributed by atoms with Crippen LogP contribution >= 0.6 is 0 Å². The van der Waals surface area contributed by atoms with Crippen molar-refractivity contribution in [3.8, 4) is 0 Å². The Bertz CT molecular complexity index is 290. The highest BCUT2D eigenvalue weighted by Gasteiger charge is 2.52. The normalized spacial score (nSPS) is 34.8. The topological polar surface area (TPSA) is 66.8 Å². The summed E-state index contributed by atoms with van der Waals surface area (Å²) in [6.45, 7) is 8.78. The van der Waals surface area contributed by atoms with Crippen molar-refractivity contribution < 1.29 is 19.7 Å². The average molecular weight is 230 g/mol. The van der Waals surface area contributed by atoms with Crippen LogP contribution in [-0.2, 0) is 9.53 Å². The summed E-state index contributed by atoms with van der Waals surface area (Å²) in [6.07, 6.45) is 1.08. The van der Waals surface area contributed by atoms with Gasteiger partial charge in [0.25, 0.3) is 0 Å². The number of carbonyl (C=O) groups is 1. The number of ether oxygens (including phenoxy) is 1. The second-order valence-corrected chi connectivity index (χ2v) is 5.92. The van der Waals surface area contributed by atoms with E-state index < -0.39 is 28.7 Å². The van der Waals surface area contributed by atoms with Crippen LogP contribution in [0.25, 0.3) is 0 Å². The molecule has 0 bridgehead atoms. The van der Waals surface area contributed by atoms with Gasteiger partial charge in [-0.1, -0.05) is 0 Å². The van der Waals surface area contributed by atoms with Gasteiger partial charge >= 0.3 is 5.97 Å². The summed E-state index contributed by atoms with van der Waals surface area (Å²) in [7, 11) is 0. The molecule has 0 aromatic carbocycles. The van der Waals surface area contributed by atoms with Crippen molar-refractivity contribution in [1.82, 2.24) is 0 Å². The zero-order valence-corrected chi connectivity index (χ0v) is 10.7. The van der Waals surface area contributed by atoms with Gasteiger partial charge in [0.2, 0.25) is 0 Å². The molecule has 0 saturated carbocycles. The average Bonchev–Trinajstić information content (AvgIpc) is 1.98. The van der Waals surface area contributed by atoms with Gasteiger partial charge in [-0.2, -0.15) is 0 Å². The summed E-state index contributed by atoms with van der Waals surface area (Å²) < 4.78 is 5.87. The third-order valence-electron chi connectivity index (χ3n) is 3.83. The van der Waals surface area contributed by atoms with Crippen LogP contribution in [0.1, 0.15) is 47.5 Å². The molecule has 0 spiro atoms. The van der Waals surface area contributed by atoms with Crippen molar-refractivity contribution in [2.75, 3.05) is 0 Å². The van der Waals surface area contributed by atoms with E-state index in [1.165, 1.54) is 0 Å². The third-order valence-corrected chi connectivity index (χ3v) is 3.83. The van der Waals surface area contributed by atoms with Crippen LogP contribution in [0.3, 0.4) is 0 Å². The molecule has 1 aliphatic rings. The van der Waals surface area contributed by atoms with Gasteiger partial charge in [0.15, 0.2) is 0 Å². The predicted octanol–water partition coefficient (Wildman–Crippen LogP) is 1.81. The van der Waals surface area contributed by atoms with Gasteiger partial charge in [0, 0.05) is 0 Å². The smallest absolute Gasteiger partial charge is 0.309 e. The summed E-state index contributed by atoms with van der Waals surface area (Å²) in [6, 6.07) is 0. The number of carboxylic acids is 1. The fourth-order valence-corrected chi connectivity index (χ4v) is 2.32. The van der Waals surface area contributed by atoms with Gasteiger partial charge in [-0.05, 0) is 47.5 Å². The molecular formula is C12H22O4. The lowest BCUT2D eigenvalue weighted by Crippen LogP contribution is -2.60. The van der Waals surface area contributed by atoms with Crippen LogP contribution in [0.15, 0.2) is 0 Å². The van der Waals surface area contributed by atoms with Gasteiger partial charge in [-0.15, -0.1) is 0 Å². The van der Waals surface area contributed by atoms with Gasteiger partial charge in [-0.25, -0.2) is 0 Å². The molecular weight excluding hydrogens is 208 g/mol. The molecule has 4 heteroatoms. The largest absolute Gasteiger partial charge is 0.481 e. The Kier molecular flexibility index (Phi) is 3.12. The number of carboxylic acid groups (broad SMARTS) is 1. The molecule has 0 unspecified atom stereocenters. The van der Waals surface area contributed by atoms with Crippen molar-refractivity contribution in [2.24, 2.45) is 5.92 Å². The van der Waals surface area contributed by atoms with Crippen LogP contribution < -0.4 is 0 Å². The Morgan fingerprint density at radius 3 is 2.19 bits per heavy atom. The van der Waals surface area contributed by atoms with E-state index in [2.05, 4.69) is 0 Å². The highest BCUT2D eigenvalue weighted by atomic mass is 16.5. The maximum absolute atomic E-state index is 11.1. The predicted molar refractivity (Wildman–Crippen MR) is 60.2 cm³/mol. The molecule has 0 aromatic rings. The van der Waals surface area contributed by atoms with Crippen LogP contribution in [0, 0.1) is 5.92 Å². The van der Waals surface area contributed by atoms with Crippen LogP contribution in [0.5, 0.6) is 0 Å². The van der Waals surface area contributed by atoms with E-state index in [9.17, 15) is 9.90 Å². The highest BCUT2D eigenvalue weighted by molar-refractivity contribution is 5.71. The highest BCUT2D eigenvalue weighted by Crippen LogP contribution is 2.44. The lowest BCUT2D eigenvalue weighted by atomic mass is 9.73. The van der Waals surface area contributed by atoms with E-state index in [0.29, 0.717) is 12.8 Å². The molecule has 1 heterocycles. The zero-order valence-electron chi connectivity index (χ0n) is 10.7. The van der Waals surface area contributed by atoms with Crippen molar-refractivity contribution in [2.45, 2.75) is 64.3 Å². The Morgan fingerprint density at radius 2 is 1.88 bits per heavy atom. The lowest BCUT2D eigenvalue weighted by Gasteiger charge is -2.51. The van der Waals surface area contributed by atoms with Crippen molar-refractivity contribution in [3.63, 3.8) is 0 Å². The minimum Gasteiger partial charge on any atom is -0.481 e. The lowest BCUT2D eigenvalue weighted by molar-refractivity contribution is -0.255. The molecule has 2 atom stereocenters. The van der Waals surface area contributed by atoms with Gasteiger partial charge in [-0.3, -0.25) is 4.79 Å². The van der Waals surface area contributed by atoms with E-state index in [-0.39, 0.29) is 0 Å². The minimum atomic E-state index is -0.978. The van der Waals surface area contributed by atoms with E-state index in [0.717, 1.165) is 0 Å². The maximum atomic E-state index is 11.1. The summed E-state index contributed by atoms with van der Waals surface area (Å²) in [5, 5.41) is 19.2. The zero-order chi connectivity index (χ0) is 12.8. The SMILES string of the molecule is CC1(C)O[C@@](C)(C(C)(C)O)CC[C@H]1C(=O)O. The Balaban J connectivity index is 2.94. The van der Waals surface area contributed by atoms with Gasteiger partial charge < -0.3 is 14.9 Å². The third kappa shape index (κ3) is 2.23. The minimum absolute atomic E-state index is 0.511. The van der Waals surface area contributed by atoms with Crippen LogP contribution in [0.4, 0.5) is 0 Å². The quantitative estimate of drug-likeness (QED) is 0.759. The van der Waals surface area contributed by atoms with E-state index >= 15 is 0 Å². The second-order valence-electron chi connectivity index (χ2n) is 5.92. The monoisotopic (exact) mass is 230 g/mol. The van der Waals surface area contributed by atoms with Crippen molar-refractivity contribution >= 4 is 5.97 Å². The molecule has 4 nitrogen and oxygen atoms in total. The number of hydrogen-bond acceptors (Lipinski definition) is 3. The molecule has 16 heavy (non-hydrogen) atoms. The summed E-state index contributed by atoms with van der Waals surface area (Å²) in [4.78, 5) is 11.1. The number of aliphatic hydroxyl groups is 1. The first-order valence-electron chi connectivity index (χ1n) is 5.65. The number of rotatable bonds is 2. The van der Waals surface area contributed by atoms with E-state index in [1.807, 2.05) is 6.92 Å². The number of hydrogen-bond donors (Lipinski definition) is 2. The molecule has 1 rings (SSSR count). The molecule has 2 N–H and O–H groups in total. The molecule has 0 amide bonds. The maximum Gasteiger partial charge on any atom is 0.309 e. The molecule has 0 radical (unpaired) electrons. The molecule has 1 saturated heterocycles. The second kappa shape index (κ2) is 3.70. The van der Waals surface area contributed by atoms with E-state index in [4.69, 9.17) is 9.84 Å². The Labute approximate surface area is 96.6 Å². The van der Waals surface area contributed by atoms with E-state index in [1.54, 1.807) is 27.7 Å². The Hall–Kier alpha value is -0.610. The molecule has 0 aromatic heterocycles. The first-order chi connectivity index (χ1) is 7.00. The molecule has 0 aliphatic carbocycles. The van der Waals surface area contributed by atoms with Crippen LogP contribution in [0.2, 0.25) is 0 Å².